The van der Waals surface area contributed by atoms with Crippen molar-refractivity contribution in [3.05, 3.63) is 49.9 Å². The quantitative estimate of drug-likeness (QED) is 0.362. The Morgan fingerprint density at radius 3 is 1.47 bits per heavy atom. The van der Waals surface area contributed by atoms with E-state index in [2.05, 4.69) is 117 Å². The van der Waals surface area contributed by atoms with Crippen LogP contribution in [0.4, 0.5) is 0 Å². The molecule has 0 amide bonds. The number of benzene rings is 1. The zero-order valence-corrected chi connectivity index (χ0v) is 26.7. The van der Waals surface area contributed by atoms with E-state index in [1.54, 1.807) is 21.9 Å². The summed E-state index contributed by atoms with van der Waals surface area (Å²) in [4.78, 5) is 0. The van der Waals surface area contributed by atoms with Crippen LogP contribution in [0.1, 0.15) is 94.2 Å². The topological polar surface area (TPSA) is 0 Å². The molecule has 0 N–H and O–H groups in total. The van der Waals surface area contributed by atoms with Crippen LogP contribution in [0.2, 0.25) is 30.8 Å². The molecule has 2 rings (SSSR count). The van der Waals surface area contributed by atoms with Gasteiger partial charge in [-0.15, -0.1) is 0 Å². The Morgan fingerprint density at radius 2 is 1.16 bits per heavy atom. The standard InChI is InChI=1S/C27H43Si.3CH3.Ti/c1-13-22-15-23(14-2)17-24(16-22)28(25(6,7)8,26(9,10)11)27(12)18-19(3)20(4)21(27)5;;;;/h15-17H,13-14H2,1-12H3;3*1H3;. The van der Waals surface area contributed by atoms with Gasteiger partial charge in [0.25, 0.3) is 0 Å². The van der Waals surface area contributed by atoms with Crippen LogP contribution >= 0.6 is 0 Å². The number of aryl methyl sites for hydroxylation is 2. The van der Waals surface area contributed by atoms with Crippen LogP contribution in [0.5, 0.6) is 0 Å². The molecule has 1 aromatic carbocycles. The van der Waals surface area contributed by atoms with E-state index < -0.39 is 24.7 Å². The second-order valence-corrected chi connectivity index (χ2v) is 27.5. The van der Waals surface area contributed by atoms with E-state index in [0.29, 0.717) is 0 Å². The Balaban J connectivity index is 3.24. The van der Waals surface area contributed by atoms with E-state index in [4.69, 9.17) is 0 Å². The molecule has 1 unspecified atom stereocenters. The molecule has 0 heterocycles. The Labute approximate surface area is 205 Å². The monoisotopic (exact) mass is 488 g/mol. The van der Waals surface area contributed by atoms with Crippen molar-refractivity contribution < 1.29 is 16.6 Å². The molecular formula is C30H52SiTi. The molecule has 180 valence electrons. The molecule has 0 spiro atoms. The molecule has 1 atom stereocenters. The van der Waals surface area contributed by atoms with Crippen molar-refractivity contribution in [2.75, 3.05) is 0 Å². The zero-order chi connectivity index (χ0) is 25.1. The number of hydrogen-bond acceptors (Lipinski definition) is 0. The zero-order valence-electron chi connectivity index (χ0n) is 24.1. The van der Waals surface area contributed by atoms with Gasteiger partial charge in [0.2, 0.25) is 0 Å². The van der Waals surface area contributed by atoms with Gasteiger partial charge in [0.15, 0.2) is 0 Å². The Bertz CT molecular complexity index is 904. The molecule has 1 aliphatic rings. The first-order valence-electron chi connectivity index (χ1n) is 12.9. The van der Waals surface area contributed by atoms with Crippen LogP contribution < -0.4 is 5.19 Å². The van der Waals surface area contributed by atoms with Gasteiger partial charge in [-0.25, -0.2) is 0 Å². The van der Waals surface area contributed by atoms with Crippen molar-refractivity contribution in [3.63, 3.8) is 0 Å². The summed E-state index contributed by atoms with van der Waals surface area (Å²) in [6, 6.07) is 7.73. The van der Waals surface area contributed by atoms with Gasteiger partial charge in [-0.05, 0) is 0 Å². The number of rotatable bonds is 5. The Kier molecular flexibility index (Phi) is 7.57. The Morgan fingerprint density at radius 1 is 0.750 bits per heavy atom. The minimum atomic E-state index is -2.25. The van der Waals surface area contributed by atoms with Crippen LogP contribution in [-0.2, 0) is 29.4 Å². The molecule has 0 aromatic heterocycles. The first-order chi connectivity index (χ1) is 14.3. The molecule has 0 bridgehead atoms. The average Bonchev–Trinajstić information content (AvgIpc) is 2.79. The van der Waals surface area contributed by atoms with Gasteiger partial charge in [-0.3, -0.25) is 0 Å². The van der Waals surface area contributed by atoms with Gasteiger partial charge < -0.3 is 0 Å². The first-order valence-corrected chi connectivity index (χ1v) is 20.3. The summed E-state index contributed by atoms with van der Waals surface area (Å²) in [6.45, 7) is 30.1. The summed E-state index contributed by atoms with van der Waals surface area (Å²) in [5.74, 6) is 0. The van der Waals surface area contributed by atoms with Crippen LogP contribution in [0.25, 0.3) is 0 Å². The van der Waals surface area contributed by atoms with Gasteiger partial charge in [0, 0.05) is 0 Å². The molecule has 1 aromatic rings. The van der Waals surface area contributed by atoms with Crippen LogP contribution in [-0.4, -0.2) is 8.07 Å². The minimum absolute atomic E-state index is 0.146. The summed E-state index contributed by atoms with van der Waals surface area (Å²) < 4.78 is 1.88. The molecule has 0 nitrogen and oxygen atoms in total. The van der Waals surface area contributed by atoms with Gasteiger partial charge in [-0.2, -0.15) is 0 Å². The second kappa shape index (κ2) is 8.69. The predicted molar refractivity (Wildman–Crippen MR) is 147 cm³/mol. The molecule has 0 aliphatic heterocycles. The average molecular weight is 489 g/mol. The predicted octanol–water partition coefficient (Wildman–Crippen LogP) is 9.75. The van der Waals surface area contributed by atoms with Crippen LogP contribution in [0, 0.1) is 0 Å². The molecule has 2 heteroatoms. The second-order valence-electron chi connectivity index (χ2n) is 13.6. The molecule has 0 fully saturated rings. The first kappa shape index (κ1) is 27.9. The fourth-order valence-corrected chi connectivity index (χ4v) is 25.1. The van der Waals surface area contributed by atoms with Gasteiger partial charge in [0.05, 0.1) is 0 Å². The SMILES string of the molecule is CCc1cc(CC)cc([Si](C(C)(C)C)(C(C)(C)C)C2(C)C(C)=C(C)C(C)=[C]2[Ti]([CH3])([CH3])[CH3])c1. The van der Waals surface area contributed by atoms with E-state index in [1.807, 2.05) is 3.88 Å². The van der Waals surface area contributed by atoms with Crippen LogP contribution in [0.15, 0.2) is 38.8 Å². The number of allylic oxidation sites excluding steroid dienone is 4. The van der Waals surface area contributed by atoms with Gasteiger partial charge >= 0.3 is 206 Å². The summed E-state index contributed by atoms with van der Waals surface area (Å²) in [5, 5.41) is 10.2. The van der Waals surface area contributed by atoms with Gasteiger partial charge in [-0.1, -0.05) is 0 Å². The van der Waals surface area contributed by atoms with Crippen molar-refractivity contribution in [1.82, 2.24) is 0 Å². The molecule has 0 saturated heterocycles. The maximum atomic E-state index is 2.70. The molecule has 1 aliphatic carbocycles. The van der Waals surface area contributed by atoms with Crippen molar-refractivity contribution in [2.24, 2.45) is 0 Å². The van der Waals surface area contributed by atoms with E-state index in [0.717, 1.165) is 12.8 Å². The van der Waals surface area contributed by atoms with Crippen molar-refractivity contribution in [3.8, 4) is 0 Å². The van der Waals surface area contributed by atoms with Crippen molar-refractivity contribution >= 4 is 13.3 Å². The third kappa shape index (κ3) is 3.93. The van der Waals surface area contributed by atoms with E-state index in [1.165, 1.54) is 11.1 Å². The summed E-state index contributed by atoms with van der Waals surface area (Å²) in [5.41, 5.74) is 7.91. The third-order valence-electron chi connectivity index (χ3n) is 8.80. The third-order valence-corrected chi connectivity index (χ3v) is 20.7. The molecule has 0 radical (unpaired) electrons. The summed E-state index contributed by atoms with van der Waals surface area (Å²) in [7, 11) is -2.25. The van der Waals surface area contributed by atoms with E-state index in [9.17, 15) is 0 Å². The van der Waals surface area contributed by atoms with Crippen LogP contribution in [0.3, 0.4) is 0 Å². The summed E-state index contributed by atoms with van der Waals surface area (Å²) >= 11 is -2.17. The fourth-order valence-electron chi connectivity index (χ4n) is 8.35. The molecule has 32 heavy (non-hydrogen) atoms. The summed E-state index contributed by atoms with van der Waals surface area (Å²) in [6.07, 6.45) is 2.23. The Hall–Kier alpha value is -0.369. The van der Waals surface area contributed by atoms with E-state index in [-0.39, 0.29) is 15.1 Å². The van der Waals surface area contributed by atoms with Crippen molar-refractivity contribution in [1.29, 1.82) is 0 Å². The molecular weight excluding hydrogens is 436 g/mol. The number of hydrogen-bond donors (Lipinski definition) is 0. The maximum absolute atomic E-state index is 2.70. The van der Waals surface area contributed by atoms with Crippen molar-refractivity contribution in [2.45, 2.75) is 127 Å². The normalized spacial score (nSPS) is 21.1. The van der Waals surface area contributed by atoms with E-state index >= 15 is 0 Å². The van der Waals surface area contributed by atoms with Gasteiger partial charge in [0.1, 0.15) is 0 Å². The fraction of sp³-hybridized carbons (Fsp3) is 0.667. The molecule has 0 saturated carbocycles.